The van der Waals surface area contributed by atoms with Gasteiger partial charge in [0.15, 0.2) is 5.69 Å². The lowest BCUT2D eigenvalue weighted by Gasteiger charge is -1.96. The second-order valence-electron chi connectivity index (χ2n) is 2.15. The van der Waals surface area contributed by atoms with E-state index in [1.165, 1.54) is 11.3 Å². The van der Waals surface area contributed by atoms with Crippen molar-refractivity contribution < 1.29 is 9.53 Å². The number of ether oxygens (including phenoxy) is 1. The highest BCUT2D eigenvalue weighted by atomic mass is 79.9. The third-order valence-electron chi connectivity index (χ3n) is 1.27. The van der Waals surface area contributed by atoms with Gasteiger partial charge in [0.1, 0.15) is 8.79 Å². The van der Waals surface area contributed by atoms with Crippen LogP contribution >= 0.6 is 39.7 Å². The largest absolute Gasteiger partial charge is 0.461 e. The summed E-state index contributed by atoms with van der Waals surface area (Å²) in [5.41, 5.74) is 5.69. The van der Waals surface area contributed by atoms with Crippen LogP contribution in [0.25, 0.3) is 0 Å². The molecule has 0 saturated heterocycles. The van der Waals surface area contributed by atoms with Crippen LogP contribution in [0.15, 0.2) is 3.79 Å². The normalized spacial score (nSPS) is 9.36. The Bertz CT molecular complexity index is 319. The zero-order valence-corrected chi connectivity index (χ0v) is 10.7. The molecule has 0 aliphatic carbocycles. The number of hydrogen-bond acceptors (Lipinski definition) is 5. The minimum Gasteiger partial charge on any atom is -0.461 e. The summed E-state index contributed by atoms with van der Waals surface area (Å²) in [5, 5.41) is 0.718. The Balaban J connectivity index is 0.00000169. The number of thiazole rings is 1. The molecule has 14 heavy (non-hydrogen) atoms. The van der Waals surface area contributed by atoms with Gasteiger partial charge in [-0.3, -0.25) is 0 Å². The molecule has 0 spiro atoms. The number of rotatable bonds is 3. The molecule has 1 aromatic rings. The van der Waals surface area contributed by atoms with Gasteiger partial charge in [-0.1, -0.05) is 0 Å². The smallest absolute Gasteiger partial charge is 0.359 e. The topological polar surface area (TPSA) is 65.2 Å². The van der Waals surface area contributed by atoms with Crippen molar-refractivity contribution in [2.45, 2.75) is 13.5 Å². The summed E-state index contributed by atoms with van der Waals surface area (Å²) in [6.45, 7) is 2.44. The van der Waals surface area contributed by atoms with E-state index in [0.29, 0.717) is 22.6 Å². The number of esters is 1. The van der Waals surface area contributed by atoms with Gasteiger partial charge in [0.2, 0.25) is 0 Å². The number of carbonyl (C=O) groups is 1. The van der Waals surface area contributed by atoms with Crippen molar-refractivity contribution in [1.82, 2.24) is 4.98 Å². The molecular weight excluding hydrogens is 292 g/mol. The van der Waals surface area contributed by atoms with E-state index in [-0.39, 0.29) is 12.4 Å². The lowest BCUT2D eigenvalue weighted by molar-refractivity contribution is 0.0519. The minimum absolute atomic E-state index is 0. The number of aromatic nitrogens is 1. The number of halogens is 2. The van der Waals surface area contributed by atoms with Gasteiger partial charge in [-0.2, -0.15) is 0 Å². The number of nitrogens with zero attached hydrogens (tertiary/aromatic N) is 1. The predicted octanol–water partition coefficient (Wildman–Crippen LogP) is 1.96. The molecule has 0 radical (unpaired) electrons. The van der Waals surface area contributed by atoms with Crippen molar-refractivity contribution >= 4 is 45.6 Å². The molecule has 0 aliphatic heterocycles. The molecular formula is C7H10BrClN2O2S. The van der Waals surface area contributed by atoms with E-state index in [0.717, 1.165) is 5.01 Å². The number of hydrogen-bond donors (Lipinski definition) is 1. The average molecular weight is 302 g/mol. The van der Waals surface area contributed by atoms with Crippen LogP contribution in [0.3, 0.4) is 0 Å². The first-order valence-corrected chi connectivity index (χ1v) is 5.32. The molecule has 0 atom stereocenters. The summed E-state index contributed by atoms with van der Waals surface area (Å²) < 4.78 is 5.47. The van der Waals surface area contributed by atoms with Crippen LogP contribution in [0, 0.1) is 0 Å². The Morgan fingerprint density at radius 1 is 1.71 bits per heavy atom. The molecule has 1 aromatic heterocycles. The van der Waals surface area contributed by atoms with Crippen molar-refractivity contribution in [3.05, 3.63) is 14.5 Å². The van der Waals surface area contributed by atoms with Crippen LogP contribution in [0.2, 0.25) is 0 Å². The zero-order chi connectivity index (χ0) is 9.84. The standard InChI is InChI=1S/C7H9BrN2O2S.ClH/c1-2-12-7(11)5-6(8)13-4(3-9)10-5;/h2-3,9H2,1H3;1H. The highest BCUT2D eigenvalue weighted by molar-refractivity contribution is 9.11. The van der Waals surface area contributed by atoms with Gasteiger partial charge < -0.3 is 10.5 Å². The summed E-state index contributed by atoms with van der Waals surface area (Å²) in [6, 6.07) is 0. The van der Waals surface area contributed by atoms with Gasteiger partial charge in [-0.15, -0.1) is 23.7 Å². The first-order chi connectivity index (χ1) is 6.19. The SMILES string of the molecule is CCOC(=O)c1nc(CN)sc1Br.Cl. The Morgan fingerprint density at radius 3 is 2.79 bits per heavy atom. The van der Waals surface area contributed by atoms with E-state index in [1.54, 1.807) is 6.92 Å². The summed E-state index contributed by atoms with van der Waals surface area (Å²) in [7, 11) is 0. The van der Waals surface area contributed by atoms with Gasteiger partial charge in [-0.25, -0.2) is 9.78 Å². The van der Waals surface area contributed by atoms with E-state index in [4.69, 9.17) is 10.5 Å². The maximum absolute atomic E-state index is 11.2. The lowest BCUT2D eigenvalue weighted by atomic mass is 10.5. The van der Waals surface area contributed by atoms with E-state index < -0.39 is 5.97 Å². The van der Waals surface area contributed by atoms with Crippen LogP contribution in [0.1, 0.15) is 22.4 Å². The molecule has 0 saturated carbocycles. The van der Waals surface area contributed by atoms with Crippen molar-refractivity contribution in [3.8, 4) is 0 Å². The Labute approximate surface area is 100 Å². The molecule has 2 N–H and O–H groups in total. The molecule has 4 nitrogen and oxygen atoms in total. The molecule has 0 aliphatic rings. The molecule has 0 amide bonds. The van der Waals surface area contributed by atoms with E-state index >= 15 is 0 Å². The number of nitrogens with two attached hydrogens (primary N) is 1. The molecule has 0 unspecified atom stereocenters. The van der Waals surface area contributed by atoms with E-state index in [1.807, 2.05) is 0 Å². The Morgan fingerprint density at radius 2 is 2.36 bits per heavy atom. The van der Waals surface area contributed by atoms with E-state index in [9.17, 15) is 4.79 Å². The lowest BCUT2D eigenvalue weighted by Crippen LogP contribution is -2.06. The zero-order valence-electron chi connectivity index (χ0n) is 7.45. The average Bonchev–Trinajstić information content (AvgIpc) is 2.47. The molecule has 7 heteroatoms. The fraction of sp³-hybridized carbons (Fsp3) is 0.429. The Hall–Kier alpha value is -0.170. The summed E-state index contributed by atoms with van der Waals surface area (Å²) in [5.74, 6) is -0.412. The van der Waals surface area contributed by atoms with Gasteiger partial charge in [0, 0.05) is 6.54 Å². The predicted molar refractivity (Wildman–Crippen MR) is 60.9 cm³/mol. The fourth-order valence-electron chi connectivity index (χ4n) is 0.756. The monoisotopic (exact) mass is 300 g/mol. The molecule has 0 bridgehead atoms. The highest BCUT2D eigenvalue weighted by Crippen LogP contribution is 2.25. The maximum Gasteiger partial charge on any atom is 0.359 e. The third kappa shape index (κ3) is 3.20. The fourth-order valence-corrected chi connectivity index (χ4v) is 2.22. The van der Waals surface area contributed by atoms with Gasteiger partial charge in [-0.05, 0) is 22.9 Å². The van der Waals surface area contributed by atoms with Crippen LogP contribution in [-0.4, -0.2) is 17.6 Å². The van der Waals surface area contributed by atoms with Gasteiger partial charge in [0.05, 0.1) is 6.61 Å². The van der Waals surface area contributed by atoms with Crippen molar-refractivity contribution in [2.75, 3.05) is 6.61 Å². The molecule has 1 rings (SSSR count). The van der Waals surface area contributed by atoms with Crippen LogP contribution in [-0.2, 0) is 11.3 Å². The van der Waals surface area contributed by atoms with Gasteiger partial charge >= 0.3 is 5.97 Å². The summed E-state index contributed by atoms with van der Waals surface area (Å²) in [6.07, 6.45) is 0. The van der Waals surface area contributed by atoms with Crippen molar-refractivity contribution in [2.24, 2.45) is 5.73 Å². The second kappa shape index (κ2) is 6.34. The first-order valence-electron chi connectivity index (χ1n) is 3.71. The molecule has 80 valence electrons. The van der Waals surface area contributed by atoms with Crippen LogP contribution in [0.4, 0.5) is 0 Å². The second-order valence-corrected chi connectivity index (χ2v) is 4.56. The Kier molecular flexibility index (Phi) is 6.26. The minimum atomic E-state index is -0.412. The quantitative estimate of drug-likeness (QED) is 0.867. The molecule has 0 aromatic carbocycles. The first kappa shape index (κ1) is 13.8. The molecule has 1 heterocycles. The van der Waals surface area contributed by atoms with Crippen molar-refractivity contribution in [3.63, 3.8) is 0 Å². The van der Waals surface area contributed by atoms with Crippen molar-refractivity contribution in [1.29, 1.82) is 0 Å². The summed E-state index contributed by atoms with van der Waals surface area (Å²) in [4.78, 5) is 15.3. The van der Waals surface area contributed by atoms with E-state index in [2.05, 4.69) is 20.9 Å². The van der Waals surface area contributed by atoms with Gasteiger partial charge in [0.25, 0.3) is 0 Å². The molecule has 0 fully saturated rings. The summed E-state index contributed by atoms with van der Waals surface area (Å²) >= 11 is 4.58. The van der Waals surface area contributed by atoms with Crippen LogP contribution < -0.4 is 5.73 Å². The maximum atomic E-state index is 11.2. The van der Waals surface area contributed by atoms with Crippen LogP contribution in [0.5, 0.6) is 0 Å². The third-order valence-corrected chi connectivity index (χ3v) is 3.00. The number of carbonyl (C=O) groups excluding carboxylic acids is 1. The highest BCUT2D eigenvalue weighted by Gasteiger charge is 2.16.